The van der Waals surface area contributed by atoms with Crippen LogP contribution in [0.4, 0.5) is 8.78 Å². The van der Waals surface area contributed by atoms with Crippen molar-refractivity contribution >= 4 is 0 Å². The molecule has 0 aliphatic carbocycles. The maximum atomic E-state index is 12.3. The van der Waals surface area contributed by atoms with Gasteiger partial charge in [0.1, 0.15) is 5.75 Å². The van der Waals surface area contributed by atoms with Crippen molar-refractivity contribution in [2.75, 3.05) is 0 Å². The van der Waals surface area contributed by atoms with Crippen molar-refractivity contribution in [3.63, 3.8) is 0 Å². The van der Waals surface area contributed by atoms with Gasteiger partial charge in [-0.25, -0.2) is 0 Å². The van der Waals surface area contributed by atoms with Crippen LogP contribution in [0.5, 0.6) is 5.75 Å². The molecule has 0 fully saturated rings. The Balaban J connectivity index is 3.02. The van der Waals surface area contributed by atoms with E-state index in [0.717, 1.165) is 18.4 Å². The van der Waals surface area contributed by atoms with Crippen LogP contribution in [0.2, 0.25) is 0 Å². The van der Waals surface area contributed by atoms with Crippen molar-refractivity contribution < 1.29 is 13.5 Å². The van der Waals surface area contributed by atoms with Gasteiger partial charge < -0.3 is 4.74 Å². The van der Waals surface area contributed by atoms with E-state index in [1.54, 1.807) is 12.1 Å². The summed E-state index contributed by atoms with van der Waals surface area (Å²) in [5, 5.41) is 0. The first-order valence-electron chi connectivity index (χ1n) is 5.51. The number of benzene rings is 1. The first kappa shape index (κ1) is 12.9. The molecule has 1 aromatic carbocycles. The molecule has 1 nitrogen and oxygen atoms in total. The van der Waals surface area contributed by atoms with E-state index in [9.17, 15) is 8.78 Å². The van der Waals surface area contributed by atoms with Gasteiger partial charge in [-0.15, -0.1) is 0 Å². The molecule has 0 saturated carbocycles. The van der Waals surface area contributed by atoms with E-state index < -0.39 is 6.61 Å². The van der Waals surface area contributed by atoms with Gasteiger partial charge in [0.2, 0.25) is 0 Å². The molecule has 0 aliphatic heterocycles. The van der Waals surface area contributed by atoms with E-state index in [1.165, 1.54) is 0 Å². The van der Waals surface area contributed by atoms with Crippen LogP contribution in [-0.4, -0.2) is 6.61 Å². The van der Waals surface area contributed by atoms with Gasteiger partial charge in [0, 0.05) is 5.56 Å². The number of hydrogen-bond donors (Lipinski definition) is 0. The Morgan fingerprint density at radius 1 is 1.25 bits per heavy atom. The zero-order valence-electron chi connectivity index (χ0n) is 9.97. The van der Waals surface area contributed by atoms with E-state index in [2.05, 4.69) is 11.7 Å². The normalized spacial score (nSPS) is 11.9. The zero-order chi connectivity index (χ0) is 12.2. The molecule has 16 heavy (non-hydrogen) atoms. The molecule has 0 unspecified atom stereocenters. The smallest absolute Gasteiger partial charge is 0.387 e. The highest BCUT2D eigenvalue weighted by Gasteiger charge is 2.24. The van der Waals surface area contributed by atoms with Gasteiger partial charge >= 0.3 is 6.61 Å². The number of hydrogen-bond acceptors (Lipinski definition) is 1. The highest BCUT2D eigenvalue weighted by molar-refractivity contribution is 5.38. The topological polar surface area (TPSA) is 9.23 Å². The molecule has 0 bridgehead atoms. The van der Waals surface area contributed by atoms with Crippen molar-refractivity contribution in [1.82, 2.24) is 0 Å². The van der Waals surface area contributed by atoms with Crippen LogP contribution in [0.1, 0.15) is 39.2 Å². The lowest BCUT2D eigenvalue weighted by Crippen LogP contribution is -2.19. The van der Waals surface area contributed by atoms with Crippen LogP contribution in [0, 0.1) is 0 Å². The molecule has 3 heteroatoms. The first-order valence-corrected chi connectivity index (χ1v) is 5.51. The molecule has 0 saturated heterocycles. The Labute approximate surface area is 95.4 Å². The fraction of sp³-hybridized carbons (Fsp3) is 0.538. The minimum Gasteiger partial charge on any atom is -0.435 e. The van der Waals surface area contributed by atoms with E-state index in [0.29, 0.717) is 0 Å². The second-order valence-electron chi connectivity index (χ2n) is 4.51. The highest BCUT2D eigenvalue weighted by atomic mass is 19.3. The number of alkyl halides is 2. The van der Waals surface area contributed by atoms with Crippen molar-refractivity contribution in [3.05, 3.63) is 29.8 Å². The predicted octanol–water partition coefficient (Wildman–Crippen LogP) is 4.37. The Kier molecular flexibility index (Phi) is 4.27. The van der Waals surface area contributed by atoms with Crippen LogP contribution >= 0.6 is 0 Å². The van der Waals surface area contributed by atoms with Crippen LogP contribution < -0.4 is 4.74 Å². The third kappa shape index (κ3) is 3.19. The number of halogens is 2. The largest absolute Gasteiger partial charge is 0.435 e. The molecule has 0 N–H and O–H groups in total. The van der Waals surface area contributed by atoms with Crippen molar-refractivity contribution in [2.24, 2.45) is 0 Å². The fourth-order valence-electron chi connectivity index (χ4n) is 1.98. The minimum absolute atomic E-state index is 0.139. The van der Waals surface area contributed by atoms with E-state index in [1.807, 2.05) is 26.0 Å². The average Bonchev–Trinajstić information content (AvgIpc) is 2.17. The molecule has 0 aliphatic rings. The summed E-state index contributed by atoms with van der Waals surface area (Å²) >= 11 is 0. The molecule has 0 amide bonds. The summed E-state index contributed by atoms with van der Waals surface area (Å²) in [6, 6.07) is 7.01. The molecule has 0 atom stereocenters. The number of ether oxygens (including phenoxy) is 1. The lowest BCUT2D eigenvalue weighted by molar-refractivity contribution is -0.0509. The van der Waals surface area contributed by atoms with E-state index in [-0.39, 0.29) is 11.2 Å². The minimum atomic E-state index is -2.77. The summed E-state index contributed by atoms with van der Waals surface area (Å²) in [4.78, 5) is 0. The summed E-state index contributed by atoms with van der Waals surface area (Å²) < 4.78 is 29.0. The Morgan fingerprint density at radius 3 is 2.44 bits per heavy atom. The molecule has 90 valence electrons. The van der Waals surface area contributed by atoms with Gasteiger partial charge in [0.15, 0.2) is 0 Å². The van der Waals surface area contributed by atoms with Crippen LogP contribution in [0.15, 0.2) is 24.3 Å². The summed E-state index contributed by atoms with van der Waals surface area (Å²) in [5.41, 5.74) is 0.706. The predicted molar refractivity (Wildman–Crippen MR) is 61.0 cm³/mol. The van der Waals surface area contributed by atoms with Gasteiger partial charge in [-0.2, -0.15) is 8.78 Å². The molecule has 0 heterocycles. The number of rotatable bonds is 5. The maximum absolute atomic E-state index is 12.3. The summed E-state index contributed by atoms with van der Waals surface area (Å²) in [7, 11) is 0. The lowest BCUT2D eigenvalue weighted by atomic mass is 9.80. The third-order valence-corrected chi connectivity index (χ3v) is 2.71. The zero-order valence-corrected chi connectivity index (χ0v) is 9.97. The maximum Gasteiger partial charge on any atom is 0.387 e. The van der Waals surface area contributed by atoms with Crippen LogP contribution in [0.3, 0.4) is 0 Å². The molecule has 1 rings (SSSR count). The van der Waals surface area contributed by atoms with Crippen molar-refractivity contribution in [1.29, 1.82) is 0 Å². The Hall–Kier alpha value is -1.12. The summed E-state index contributed by atoms with van der Waals surface area (Å²) in [5.74, 6) is 0.288. The van der Waals surface area contributed by atoms with E-state index >= 15 is 0 Å². The van der Waals surface area contributed by atoms with Crippen LogP contribution in [0.25, 0.3) is 0 Å². The van der Waals surface area contributed by atoms with Gasteiger partial charge in [0.25, 0.3) is 0 Å². The second-order valence-corrected chi connectivity index (χ2v) is 4.51. The average molecular weight is 228 g/mol. The van der Waals surface area contributed by atoms with Gasteiger partial charge in [-0.05, 0) is 17.9 Å². The molecular weight excluding hydrogens is 210 g/mol. The van der Waals surface area contributed by atoms with Crippen molar-refractivity contribution in [2.45, 2.75) is 45.6 Å². The molecular formula is C13H18F2O. The third-order valence-electron chi connectivity index (χ3n) is 2.71. The molecule has 0 radical (unpaired) electrons. The first-order chi connectivity index (χ1) is 7.47. The lowest BCUT2D eigenvalue weighted by Gasteiger charge is -2.26. The van der Waals surface area contributed by atoms with Crippen LogP contribution in [-0.2, 0) is 5.41 Å². The summed E-state index contributed by atoms with van der Waals surface area (Å²) in [6.07, 6.45) is 1.95. The Bertz CT molecular complexity index is 334. The number of para-hydroxylation sites is 1. The molecule has 0 spiro atoms. The second kappa shape index (κ2) is 5.28. The Morgan fingerprint density at radius 2 is 1.88 bits per heavy atom. The standard InChI is InChI=1S/C13H18F2O/c1-4-9-13(2,3)10-7-5-6-8-11(10)16-12(14)15/h5-8,12H,4,9H2,1-3H3. The van der Waals surface area contributed by atoms with E-state index in [4.69, 9.17) is 0 Å². The highest BCUT2D eigenvalue weighted by Crippen LogP contribution is 2.35. The SMILES string of the molecule is CCCC(C)(C)c1ccccc1OC(F)F. The van der Waals surface area contributed by atoms with Gasteiger partial charge in [-0.3, -0.25) is 0 Å². The quantitative estimate of drug-likeness (QED) is 0.727. The van der Waals surface area contributed by atoms with Gasteiger partial charge in [0.05, 0.1) is 0 Å². The molecule has 0 aromatic heterocycles. The molecule has 1 aromatic rings. The van der Waals surface area contributed by atoms with Gasteiger partial charge in [-0.1, -0.05) is 45.4 Å². The van der Waals surface area contributed by atoms with Crippen molar-refractivity contribution in [3.8, 4) is 5.75 Å². The monoisotopic (exact) mass is 228 g/mol. The fourth-order valence-corrected chi connectivity index (χ4v) is 1.98. The summed E-state index contributed by atoms with van der Waals surface area (Å²) in [6.45, 7) is 3.41.